The summed E-state index contributed by atoms with van der Waals surface area (Å²) in [6.07, 6.45) is 4.38. The molecule has 0 unspecified atom stereocenters. The second kappa shape index (κ2) is 4.80. The Labute approximate surface area is 96.8 Å². The van der Waals surface area contributed by atoms with Gasteiger partial charge in [0, 0.05) is 23.8 Å². The highest BCUT2D eigenvalue weighted by molar-refractivity contribution is 7.09. The first kappa shape index (κ1) is 10.7. The number of amidine groups is 1. The van der Waals surface area contributed by atoms with Gasteiger partial charge in [0.25, 0.3) is 0 Å². The highest BCUT2D eigenvalue weighted by atomic mass is 32.1. The Balaban J connectivity index is 2.07. The zero-order valence-corrected chi connectivity index (χ0v) is 9.39. The lowest BCUT2D eigenvalue weighted by Crippen LogP contribution is -2.20. The van der Waals surface area contributed by atoms with Crippen molar-refractivity contribution in [3.05, 3.63) is 40.6 Å². The quantitative estimate of drug-likeness (QED) is 0.363. The molecule has 84 valence electrons. The SMILES string of the molecule is NC(=NO)c1nccn1CCc1cccs1. The van der Waals surface area contributed by atoms with Gasteiger partial charge in [0.15, 0.2) is 5.82 Å². The number of nitrogens with two attached hydrogens (primary N) is 1. The van der Waals surface area contributed by atoms with E-state index in [9.17, 15) is 0 Å². The number of aromatic nitrogens is 2. The first-order valence-corrected chi connectivity index (χ1v) is 5.70. The number of imidazole rings is 1. The molecule has 0 aromatic carbocycles. The van der Waals surface area contributed by atoms with Gasteiger partial charge >= 0.3 is 0 Å². The van der Waals surface area contributed by atoms with Crippen molar-refractivity contribution >= 4 is 17.2 Å². The van der Waals surface area contributed by atoms with Crippen molar-refractivity contribution in [3.8, 4) is 0 Å². The highest BCUT2D eigenvalue weighted by Gasteiger charge is 2.07. The number of thiophene rings is 1. The number of hydrogen-bond donors (Lipinski definition) is 2. The topological polar surface area (TPSA) is 76.4 Å². The molecule has 0 aliphatic carbocycles. The van der Waals surface area contributed by atoms with Crippen molar-refractivity contribution in [2.45, 2.75) is 13.0 Å². The van der Waals surface area contributed by atoms with E-state index in [0.29, 0.717) is 5.82 Å². The maximum atomic E-state index is 8.59. The average Bonchev–Trinajstić information content (AvgIpc) is 2.96. The third kappa shape index (κ3) is 2.22. The van der Waals surface area contributed by atoms with Gasteiger partial charge in [-0.05, 0) is 17.9 Å². The van der Waals surface area contributed by atoms with E-state index in [1.807, 2.05) is 22.2 Å². The van der Waals surface area contributed by atoms with Crippen molar-refractivity contribution in [2.24, 2.45) is 10.9 Å². The second-order valence-corrected chi connectivity index (χ2v) is 4.29. The Hall–Kier alpha value is -1.82. The van der Waals surface area contributed by atoms with Crippen LogP contribution in [0.2, 0.25) is 0 Å². The van der Waals surface area contributed by atoms with Crippen LogP contribution in [0.1, 0.15) is 10.7 Å². The monoisotopic (exact) mass is 236 g/mol. The predicted octanol–water partition coefficient (Wildman–Crippen LogP) is 1.28. The molecule has 0 spiro atoms. The first-order chi connectivity index (χ1) is 7.81. The van der Waals surface area contributed by atoms with Crippen LogP contribution < -0.4 is 5.73 Å². The highest BCUT2D eigenvalue weighted by Crippen LogP contribution is 2.10. The fourth-order valence-corrected chi connectivity index (χ4v) is 2.15. The zero-order chi connectivity index (χ0) is 11.4. The molecule has 0 fully saturated rings. The van der Waals surface area contributed by atoms with Crippen LogP contribution in [0.5, 0.6) is 0 Å². The fourth-order valence-electron chi connectivity index (χ4n) is 1.45. The molecule has 2 heterocycles. The summed E-state index contributed by atoms with van der Waals surface area (Å²) in [5, 5.41) is 13.6. The fraction of sp³-hybridized carbons (Fsp3) is 0.200. The van der Waals surface area contributed by atoms with Gasteiger partial charge in [0.1, 0.15) is 0 Å². The number of hydrogen-bond acceptors (Lipinski definition) is 4. The van der Waals surface area contributed by atoms with Crippen LogP contribution in [0.4, 0.5) is 0 Å². The Morgan fingerprint density at radius 2 is 2.50 bits per heavy atom. The number of aryl methyl sites for hydroxylation is 2. The molecule has 0 saturated carbocycles. The van der Waals surface area contributed by atoms with E-state index in [-0.39, 0.29) is 5.84 Å². The number of oxime groups is 1. The van der Waals surface area contributed by atoms with E-state index in [1.54, 1.807) is 17.5 Å². The van der Waals surface area contributed by atoms with Gasteiger partial charge in [-0.1, -0.05) is 11.2 Å². The maximum absolute atomic E-state index is 8.59. The minimum absolute atomic E-state index is 0.0381. The van der Waals surface area contributed by atoms with Crippen molar-refractivity contribution in [2.75, 3.05) is 0 Å². The van der Waals surface area contributed by atoms with E-state index >= 15 is 0 Å². The molecule has 0 bridgehead atoms. The van der Waals surface area contributed by atoms with Gasteiger partial charge in [-0.15, -0.1) is 11.3 Å². The van der Waals surface area contributed by atoms with E-state index in [2.05, 4.69) is 16.2 Å². The van der Waals surface area contributed by atoms with Crippen LogP contribution in [-0.4, -0.2) is 20.6 Å². The van der Waals surface area contributed by atoms with E-state index in [1.165, 1.54) is 4.88 Å². The summed E-state index contributed by atoms with van der Waals surface area (Å²) in [5.74, 6) is 0.537. The van der Waals surface area contributed by atoms with Gasteiger partial charge < -0.3 is 15.5 Å². The average molecular weight is 236 g/mol. The maximum Gasteiger partial charge on any atom is 0.206 e. The Kier molecular flexibility index (Phi) is 3.21. The third-order valence-electron chi connectivity index (χ3n) is 2.23. The van der Waals surface area contributed by atoms with Crippen LogP contribution >= 0.6 is 11.3 Å². The summed E-state index contributed by atoms with van der Waals surface area (Å²) in [6.45, 7) is 0.770. The molecular weight excluding hydrogens is 224 g/mol. The lowest BCUT2D eigenvalue weighted by molar-refractivity contribution is 0.318. The molecule has 0 radical (unpaired) electrons. The van der Waals surface area contributed by atoms with Crippen LogP contribution in [0.3, 0.4) is 0 Å². The smallest absolute Gasteiger partial charge is 0.206 e. The van der Waals surface area contributed by atoms with Crippen LogP contribution in [-0.2, 0) is 13.0 Å². The minimum atomic E-state index is 0.0381. The van der Waals surface area contributed by atoms with E-state index in [4.69, 9.17) is 10.9 Å². The van der Waals surface area contributed by atoms with Crippen LogP contribution in [0, 0.1) is 0 Å². The number of nitrogens with zero attached hydrogens (tertiary/aromatic N) is 3. The molecule has 0 aliphatic heterocycles. The lowest BCUT2D eigenvalue weighted by Gasteiger charge is -2.05. The van der Waals surface area contributed by atoms with Crippen molar-refractivity contribution in [3.63, 3.8) is 0 Å². The van der Waals surface area contributed by atoms with E-state index < -0.39 is 0 Å². The molecule has 0 atom stereocenters. The summed E-state index contributed by atoms with van der Waals surface area (Å²) < 4.78 is 1.87. The second-order valence-electron chi connectivity index (χ2n) is 3.26. The molecule has 2 aromatic rings. The molecule has 0 saturated heterocycles. The molecule has 2 rings (SSSR count). The van der Waals surface area contributed by atoms with Gasteiger partial charge in [-0.25, -0.2) is 4.98 Å². The minimum Gasteiger partial charge on any atom is -0.409 e. The lowest BCUT2D eigenvalue weighted by atomic mass is 10.3. The summed E-state index contributed by atoms with van der Waals surface area (Å²) in [5.41, 5.74) is 5.51. The zero-order valence-electron chi connectivity index (χ0n) is 8.58. The molecule has 5 nitrogen and oxygen atoms in total. The van der Waals surface area contributed by atoms with Crippen molar-refractivity contribution in [1.29, 1.82) is 0 Å². The van der Waals surface area contributed by atoms with Gasteiger partial charge in [0.2, 0.25) is 5.84 Å². The Morgan fingerprint density at radius 1 is 1.62 bits per heavy atom. The van der Waals surface area contributed by atoms with Gasteiger partial charge in [-0.3, -0.25) is 0 Å². The molecule has 0 amide bonds. The summed E-state index contributed by atoms with van der Waals surface area (Å²) in [6, 6.07) is 4.11. The first-order valence-electron chi connectivity index (χ1n) is 4.82. The third-order valence-corrected chi connectivity index (χ3v) is 3.17. The summed E-state index contributed by atoms with van der Waals surface area (Å²) in [4.78, 5) is 5.34. The molecule has 16 heavy (non-hydrogen) atoms. The van der Waals surface area contributed by atoms with Gasteiger partial charge in [-0.2, -0.15) is 0 Å². The molecule has 3 N–H and O–H groups in total. The van der Waals surface area contributed by atoms with E-state index in [0.717, 1.165) is 13.0 Å². The molecular formula is C10H12N4OS. The van der Waals surface area contributed by atoms with Gasteiger partial charge in [0.05, 0.1) is 0 Å². The normalized spacial score (nSPS) is 11.9. The Morgan fingerprint density at radius 3 is 3.19 bits per heavy atom. The van der Waals surface area contributed by atoms with Crippen LogP contribution in [0.25, 0.3) is 0 Å². The predicted molar refractivity (Wildman–Crippen MR) is 62.8 cm³/mol. The summed E-state index contributed by atoms with van der Waals surface area (Å²) >= 11 is 1.72. The molecule has 2 aromatic heterocycles. The molecule has 0 aliphatic rings. The molecule has 6 heteroatoms. The largest absolute Gasteiger partial charge is 0.409 e. The van der Waals surface area contributed by atoms with Crippen molar-refractivity contribution in [1.82, 2.24) is 9.55 Å². The van der Waals surface area contributed by atoms with Crippen LogP contribution in [0.15, 0.2) is 35.1 Å². The Bertz CT molecular complexity index is 475. The van der Waals surface area contributed by atoms with Crippen molar-refractivity contribution < 1.29 is 5.21 Å². The number of rotatable bonds is 4. The standard InChI is InChI=1S/C10H12N4OS/c11-9(13-15)10-12-4-6-14(10)5-3-8-2-1-7-16-8/h1-2,4,6-7,15H,3,5H2,(H2,11,13). The summed E-state index contributed by atoms with van der Waals surface area (Å²) in [7, 11) is 0.